The Balaban J connectivity index is 2.55. The third-order valence-corrected chi connectivity index (χ3v) is 21.8. The molecular weight excluding hydrogens is 487 g/mol. The van der Waals surface area contributed by atoms with Crippen molar-refractivity contribution in [3.63, 3.8) is 0 Å². The summed E-state index contributed by atoms with van der Waals surface area (Å²) in [7, 11) is 1.71. The zero-order chi connectivity index (χ0) is 22.4. The molecule has 3 heteroatoms. The second-order valence-electron chi connectivity index (χ2n) is 8.61. The number of unbranched alkanes of at least 4 members (excludes halogenated alkanes) is 3. The molecule has 0 spiro atoms. The van der Waals surface area contributed by atoms with Gasteiger partial charge < -0.3 is 0 Å². The summed E-state index contributed by atoms with van der Waals surface area (Å²) >= 11 is -2.63. The predicted molar refractivity (Wildman–Crippen MR) is 139 cm³/mol. The van der Waals surface area contributed by atoms with Crippen LogP contribution in [-0.2, 0) is 4.74 Å². The van der Waals surface area contributed by atoms with E-state index in [9.17, 15) is 0 Å². The number of methoxy groups -OCH3 is 1. The standard InChI is InChI=1S/C16H15O2.3C4H9.Sn/c1-17-13-18-16-10-6-5-9-15(16)12-11-14-7-3-2-4-8-14;3*1-3-4-2;/h2-9,11-12H,13H2,1H3;3*1,3-4H2,2H3;/b12-11-;;;;. The van der Waals surface area contributed by atoms with Crippen molar-refractivity contribution in [1.82, 2.24) is 0 Å². The molecule has 0 heterocycles. The van der Waals surface area contributed by atoms with Crippen LogP contribution in [0.2, 0.25) is 13.3 Å². The van der Waals surface area contributed by atoms with Gasteiger partial charge in [-0.2, -0.15) is 0 Å². The number of rotatable bonds is 15. The van der Waals surface area contributed by atoms with Crippen LogP contribution in [0, 0.1) is 0 Å². The molecule has 0 atom stereocenters. The molecule has 0 fully saturated rings. The number of hydrogen-bond acceptors (Lipinski definition) is 2. The number of para-hydroxylation sites is 1. The molecule has 0 aliphatic heterocycles. The molecule has 0 bridgehead atoms. The van der Waals surface area contributed by atoms with Gasteiger partial charge in [0.2, 0.25) is 0 Å². The first-order valence-electron chi connectivity index (χ1n) is 12.2. The van der Waals surface area contributed by atoms with Crippen molar-refractivity contribution >= 4 is 34.1 Å². The van der Waals surface area contributed by atoms with E-state index in [-0.39, 0.29) is 0 Å². The normalized spacial score (nSPS) is 11.9. The van der Waals surface area contributed by atoms with Crippen LogP contribution >= 0.6 is 0 Å². The van der Waals surface area contributed by atoms with Crippen molar-refractivity contribution in [2.45, 2.75) is 72.6 Å². The molecule has 0 aliphatic rings. The Labute approximate surface area is 194 Å². The molecule has 0 aliphatic carbocycles. The van der Waals surface area contributed by atoms with Gasteiger partial charge in [0.25, 0.3) is 0 Å². The molecule has 0 saturated heterocycles. The van der Waals surface area contributed by atoms with Gasteiger partial charge in [-0.25, -0.2) is 0 Å². The zero-order valence-electron chi connectivity index (χ0n) is 20.2. The van der Waals surface area contributed by atoms with Crippen LogP contribution in [0.4, 0.5) is 0 Å². The fourth-order valence-electron chi connectivity index (χ4n) is 4.46. The monoisotopic (exact) mass is 530 g/mol. The SMILES string of the molecule is CCC[CH2][Sn]([CH2]CCC)([CH2]CCC)[c]1cccc(/C=C\c2ccccc2)c1OCOC. The van der Waals surface area contributed by atoms with Gasteiger partial charge in [0.05, 0.1) is 0 Å². The molecule has 0 aromatic heterocycles. The van der Waals surface area contributed by atoms with Crippen LogP contribution in [0.15, 0.2) is 48.5 Å². The van der Waals surface area contributed by atoms with Crippen molar-refractivity contribution < 1.29 is 9.47 Å². The zero-order valence-corrected chi connectivity index (χ0v) is 23.0. The minimum atomic E-state index is -2.63. The molecule has 31 heavy (non-hydrogen) atoms. The molecule has 0 amide bonds. The first-order valence-corrected chi connectivity index (χ1v) is 19.7. The molecule has 2 nitrogen and oxygen atoms in total. The molecule has 2 rings (SSSR count). The molecule has 2 aromatic rings. The molecule has 0 radical (unpaired) electrons. The quantitative estimate of drug-likeness (QED) is 0.133. The molecule has 0 unspecified atom stereocenters. The van der Waals surface area contributed by atoms with E-state index in [0.29, 0.717) is 6.79 Å². The van der Waals surface area contributed by atoms with E-state index in [2.05, 4.69) is 81.5 Å². The Kier molecular flexibility index (Phi) is 12.4. The van der Waals surface area contributed by atoms with E-state index in [1.165, 1.54) is 63.0 Å². The molecule has 0 N–H and O–H groups in total. The summed E-state index contributed by atoms with van der Waals surface area (Å²) in [5, 5.41) is 0. The van der Waals surface area contributed by atoms with E-state index in [1.807, 2.05) is 0 Å². The maximum atomic E-state index is 6.33. The second-order valence-corrected chi connectivity index (χ2v) is 21.7. The van der Waals surface area contributed by atoms with E-state index >= 15 is 0 Å². The first-order chi connectivity index (χ1) is 15.2. The van der Waals surface area contributed by atoms with E-state index in [1.54, 1.807) is 10.7 Å². The van der Waals surface area contributed by atoms with Gasteiger partial charge in [-0.1, -0.05) is 0 Å². The van der Waals surface area contributed by atoms with Crippen LogP contribution in [0.5, 0.6) is 5.75 Å². The van der Waals surface area contributed by atoms with Crippen LogP contribution in [-0.4, -0.2) is 32.3 Å². The van der Waals surface area contributed by atoms with Gasteiger partial charge in [-0.15, -0.1) is 0 Å². The van der Waals surface area contributed by atoms with Crippen molar-refractivity contribution in [3.05, 3.63) is 59.7 Å². The summed E-state index contributed by atoms with van der Waals surface area (Å²) in [6, 6.07) is 17.4. The van der Waals surface area contributed by atoms with Crippen LogP contribution < -0.4 is 8.32 Å². The maximum absolute atomic E-state index is 6.33. The van der Waals surface area contributed by atoms with Gasteiger partial charge >= 0.3 is 195 Å². The number of ether oxygens (including phenoxy) is 2. The molecule has 0 saturated carbocycles. The van der Waals surface area contributed by atoms with Gasteiger partial charge in [0, 0.05) is 0 Å². The Morgan fingerprint density at radius 1 is 0.742 bits per heavy atom. The fraction of sp³-hybridized carbons (Fsp3) is 0.500. The van der Waals surface area contributed by atoms with Gasteiger partial charge in [-0.3, -0.25) is 0 Å². The Morgan fingerprint density at radius 3 is 1.90 bits per heavy atom. The van der Waals surface area contributed by atoms with E-state index in [0.717, 1.165) is 5.75 Å². The summed E-state index contributed by atoms with van der Waals surface area (Å²) in [6.07, 6.45) is 12.3. The van der Waals surface area contributed by atoms with Gasteiger partial charge in [0.1, 0.15) is 0 Å². The third kappa shape index (κ3) is 7.98. The van der Waals surface area contributed by atoms with Crippen LogP contribution in [0.3, 0.4) is 0 Å². The fourth-order valence-corrected chi connectivity index (χ4v) is 21.0. The Hall–Kier alpha value is -1.26. The average molecular weight is 529 g/mol. The van der Waals surface area contributed by atoms with Crippen molar-refractivity contribution in [2.24, 2.45) is 0 Å². The first kappa shape index (κ1) is 26.0. The Morgan fingerprint density at radius 2 is 1.35 bits per heavy atom. The Bertz CT molecular complexity index is 748. The molecule has 170 valence electrons. The summed E-state index contributed by atoms with van der Waals surface area (Å²) in [5.74, 6) is 1.09. The van der Waals surface area contributed by atoms with Crippen LogP contribution in [0.25, 0.3) is 12.2 Å². The van der Waals surface area contributed by atoms with Crippen LogP contribution in [0.1, 0.15) is 70.4 Å². The summed E-state index contributed by atoms with van der Waals surface area (Å²) in [5.41, 5.74) is 2.40. The average Bonchev–Trinajstić information content (AvgIpc) is 2.82. The van der Waals surface area contributed by atoms with Crippen molar-refractivity contribution in [1.29, 1.82) is 0 Å². The van der Waals surface area contributed by atoms with Gasteiger partial charge in [0.15, 0.2) is 0 Å². The minimum absolute atomic E-state index is 0.306. The topological polar surface area (TPSA) is 18.5 Å². The third-order valence-electron chi connectivity index (χ3n) is 6.22. The van der Waals surface area contributed by atoms with Crippen molar-refractivity contribution in [2.75, 3.05) is 13.9 Å². The second kappa shape index (κ2) is 14.7. The molecular formula is C28H42O2Sn. The van der Waals surface area contributed by atoms with E-state index < -0.39 is 18.4 Å². The van der Waals surface area contributed by atoms with E-state index in [4.69, 9.17) is 9.47 Å². The number of hydrogen-bond donors (Lipinski definition) is 0. The molecule has 2 aromatic carbocycles. The predicted octanol–water partition coefficient (Wildman–Crippen LogP) is 7.90. The number of benzene rings is 2. The van der Waals surface area contributed by atoms with Gasteiger partial charge in [-0.05, 0) is 0 Å². The summed E-state index contributed by atoms with van der Waals surface area (Å²) in [6.45, 7) is 7.30. The summed E-state index contributed by atoms with van der Waals surface area (Å²) < 4.78 is 17.6. The van der Waals surface area contributed by atoms with Crippen molar-refractivity contribution in [3.8, 4) is 5.75 Å². The summed E-state index contributed by atoms with van der Waals surface area (Å²) in [4.78, 5) is 0.